The van der Waals surface area contributed by atoms with Crippen LogP contribution in [0.15, 0.2) is 54.8 Å². The van der Waals surface area contributed by atoms with E-state index in [-0.39, 0.29) is 0 Å². The van der Waals surface area contributed by atoms with Crippen molar-refractivity contribution < 1.29 is 0 Å². The molecule has 0 amide bonds. The van der Waals surface area contributed by atoms with E-state index in [1.165, 1.54) is 23.1 Å². The van der Waals surface area contributed by atoms with E-state index in [0.717, 1.165) is 84.5 Å². The Balaban J connectivity index is 1.34. The van der Waals surface area contributed by atoms with Crippen molar-refractivity contribution in [3.05, 3.63) is 82.2 Å². The number of H-pyrrole nitrogens is 1. The second kappa shape index (κ2) is 10.9. The van der Waals surface area contributed by atoms with E-state index in [4.69, 9.17) is 10.2 Å². The first kappa shape index (κ1) is 25.9. The number of aromatic amines is 1. The number of nitriles is 1. The zero-order valence-electron chi connectivity index (χ0n) is 23.1. The molecule has 3 aliphatic rings. The summed E-state index contributed by atoms with van der Waals surface area (Å²) in [7, 11) is 0. The molecule has 3 heterocycles. The Morgan fingerprint density at radius 2 is 1.87 bits per heavy atom. The second-order valence-corrected chi connectivity index (χ2v) is 10.9. The summed E-state index contributed by atoms with van der Waals surface area (Å²) < 4.78 is 0. The number of aryl methyl sites for hydroxylation is 2. The fourth-order valence-corrected chi connectivity index (χ4v) is 5.97. The van der Waals surface area contributed by atoms with Crippen molar-refractivity contribution in [1.82, 2.24) is 19.8 Å². The molecule has 1 aromatic heterocycles. The molecular formula is C33H39N5. The highest BCUT2D eigenvalue weighted by atomic mass is 15.2. The maximum atomic E-state index is 9.12. The molecular weight excluding hydrogens is 466 g/mol. The molecule has 1 N–H and O–H groups in total. The zero-order chi connectivity index (χ0) is 26.8. The summed E-state index contributed by atoms with van der Waals surface area (Å²) in [5, 5.41) is 11.1. The summed E-state index contributed by atoms with van der Waals surface area (Å²) in [5.74, 6) is 2.09. The van der Waals surface area contributed by atoms with Gasteiger partial charge >= 0.3 is 0 Å². The Bertz CT molecular complexity index is 1470. The smallest absolute Gasteiger partial charge is 0.138 e. The minimum Gasteiger partial charge on any atom is -0.372 e. The molecule has 0 radical (unpaired) electrons. The predicted octanol–water partition coefficient (Wildman–Crippen LogP) is 5.20. The Hall–Kier alpha value is -3.78. The first-order valence-electron chi connectivity index (χ1n) is 13.9. The van der Waals surface area contributed by atoms with Gasteiger partial charge in [-0.05, 0) is 87.6 Å². The average molecular weight is 506 g/mol. The van der Waals surface area contributed by atoms with Crippen LogP contribution < -0.4 is 10.7 Å². The van der Waals surface area contributed by atoms with E-state index in [1.54, 1.807) is 0 Å². The lowest BCUT2D eigenvalue weighted by Crippen LogP contribution is -2.36. The Morgan fingerprint density at radius 3 is 2.47 bits per heavy atom. The second-order valence-electron chi connectivity index (χ2n) is 10.9. The van der Waals surface area contributed by atoms with Gasteiger partial charge in [0, 0.05) is 54.3 Å². The fraction of sp³-hybridized carbons (Fsp3) is 0.394. The highest BCUT2D eigenvalue weighted by Gasteiger charge is 2.27. The highest BCUT2D eigenvalue weighted by Crippen LogP contribution is 2.35. The van der Waals surface area contributed by atoms with Crippen LogP contribution in [0.4, 0.5) is 0 Å². The number of likely N-dealkylation sites (tertiary alicyclic amines) is 2. The summed E-state index contributed by atoms with van der Waals surface area (Å²) in [4.78, 5) is 13.3. The van der Waals surface area contributed by atoms with E-state index in [0.29, 0.717) is 11.8 Å². The molecule has 5 nitrogen and oxygen atoms in total. The average Bonchev–Trinajstić information content (AvgIpc) is 3.29. The Labute approximate surface area is 226 Å². The summed E-state index contributed by atoms with van der Waals surface area (Å²) >= 11 is 0. The van der Waals surface area contributed by atoms with Gasteiger partial charge in [0.05, 0.1) is 16.8 Å². The molecule has 0 spiro atoms. The number of hydrogen-bond acceptors (Lipinski definition) is 4. The molecule has 2 aromatic rings. The summed E-state index contributed by atoms with van der Waals surface area (Å²) in [6, 6.07) is 6.78. The number of benzene rings is 1. The first-order valence-corrected chi connectivity index (χ1v) is 13.9. The van der Waals surface area contributed by atoms with E-state index in [2.05, 4.69) is 84.3 Å². The van der Waals surface area contributed by atoms with Gasteiger partial charge in [-0.25, -0.2) is 4.98 Å². The minimum atomic E-state index is 0.543. The monoisotopic (exact) mass is 505 g/mol. The molecule has 2 aliphatic heterocycles. The molecule has 0 saturated carbocycles. The number of imidazole rings is 1. The molecule has 1 atom stereocenters. The summed E-state index contributed by atoms with van der Waals surface area (Å²) in [6.07, 6.45) is 15.0. The molecule has 38 heavy (non-hydrogen) atoms. The Morgan fingerprint density at radius 1 is 1.11 bits per heavy atom. The lowest BCUT2D eigenvalue weighted by molar-refractivity contribution is 0.216. The van der Waals surface area contributed by atoms with Gasteiger partial charge in [0.1, 0.15) is 5.82 Å². The topological polar surface area (TPSA) is 59.0 Å². The number of aromatic nitrogens is 2. The number of allylic oxidation sites excluding steroid dienone is 5. The van der Waals surface area contributed by atoms with Crippen molar-refractivity contribution in [1.29, 1.82) is 5.26 Å². The number of nitrogens with zero attached hydrogens (tertiary/aromatic N) is 4. The maximum Gasteiger partial charge on any atom is 0.138 e. The van der Waals surface area contributed by atoms with Crippen LogP contribution in [0.1, 0.15) is 49.3 Å². The highest BCUT2D eigenvalue weighted by molar-refractivity contribution is 5.73. The van der Waals surface area contributed by atoms with Crippen molar-refractivity contribution in [3.63, 3.8) is 0 Å². The van der Waals surface area contributed by atoms with Crippen LogP contribution in [0.25, 0.3) is 29.2 Å². The Kier molecular flexibility index (Phi) is 7.42. The molecule has 5 rings (SSSR count). The molecule has 2 fully saturated rings. The molecule has 1 unspecified atom stereocenters. The van der Waals surface area contributed by atoms with Crippen molar-refractivity contribution in [3.8, 4) is 17.5 Å². The first-order chi connectivity index (χ1) is 18.4. The fourth-order valence-electron chi connectivity index (χ4n) is 5.97. The third kappa shape index (κ3) is 5.13. The van der Waals surface area contributed by atoms with Crippen LogP contribution in [-0.4, -0.2) is 45.9 Å². The van der Waals surface area contributed by atoms with Gasteiger partial charge in [0.25, 0.3) is 0 Å². The van der Waals surface area contributed by atoms with E-state index in [9.17, 15) is 0 Å². The van der Waals surface area contributed by atoms with Crippen molar-refractivity contribution in [2.24, 2.45) is 11.8 Å². The standard InChI is InChI=1S/C33H39N5/c1-6-31-32(19-24(4)37-14-7-15-37)36-33(35-31)30-20-29(22(2)18-23(30)3)25(5)38-16-12-28(13-17-38)27-10-8-26(21-34)9-11-27/h6,8-10,18-20,27-28H,4-5,7,11-17H2,1-3H3,(H,35,36)/b31-6+,32-19+. The van der Waals surface area contributed by atoms with Gasteiger partial charge in [0.15, 0.2) is 0 Å². The lowest BCUT2D eigenvalue weighted by atomic mass is 9.79. The third-order valence-corrected chi connectivity index (χ3v) is 8.54. The minimum absolute atomic E-state index is 0.543. The normalized spacial score (nSPS) is 20.8. The number of nitrogens with one attached hydrogen (secondary N) is 1. The van der Waals surface area contributed by atoms with Gasteiger partial charge in [0.2, 0.25) is 0 Å². The number of piperidine rings is 1. The van der Waals surface area contributed by atoms with Crippen LogP contribution in [0.3, 0.4) is 0 Å². The molecule has 5 heteroatoms. The van der Waals surface area contributed by atoms with Crippen molar-refractivity contribution in [2.75, 3.05) is 26.2 Å². The van der Waals surface area contributed by atoms with Crippen LogP contribution >= 0.6 is 0 Å². The van der Waals surface area contributed by atoms with Gasteiger partial charge in [-0.1, -0.05) is 37.5 Å². The molecule has 196 valence electrons. The van der Waals surface area contributed by atoms with Crippen molar-refractivity contribution in [2.45, 2.75) is 46.5 Å². The van der Waals surface area contributed by atoms with Gasteiger partial charge in [-0.15, -0.1) is 0 Å². The van der Waals surface area contributed by atoms with Crippen LogP contribution in [0.5, 0.6) is 0 Å². The predicted molar refractivity (Wildman–Crippen MR) is 157 cm³/mol. The zero-order valence-corrected chi connectivity index (χ0v) is 23.1. The van der Waals surface area contributed by atoms with Crippen LogP contribution in [-0.2, 0) is 0 Å². The van der Waals surface area contributed by atoms with E-state index in [1.807, 2.05) is 13.0 Å². The van der Waals surface area contributed by atoms with Gasteiger partial charge < -0.3 is 14.8 Å². The van der Waals surface area contributed by atoms with E-state index >= 15 is 0 Å². The third-order valence-electron chi connectivity index (χ3n) is 8.54. The number of hydrogen-bond donors (Lipinski definition) is 1. The summed E-state index contributed by atoms with van der Waals surface area (Å²) in [5.41, 5.74) is 7.68. The molecule has 2 saturated heterocycles. The van der Waals surface area contributed by atoms with Crippen LogP contribution in [0, 0.1) is 37.0 Å². The van der Waals surface area contributed by atoms with Gasteiger partial charge in [-0.3, -0.25) is 0 Å². The summed E-state index contributed by atoms with van der Waals surface area (Å²) in [6.45, 7) is 19.4. The molecule has 1 aliphatic carbocycles. The number of rotatable bonds is 6. The molecule has 1 aromatic carbocycles. The lowest BCUT2D eigenvalue weighted by Gasteiger charge is -2.38. The van der Waals surface area contributed by atoms with Crippen molar-refractivity contribution >= 4 is 17.8 Å². The molecule has 0 bridgehead atoms. The maximum absolute atomic E-state index is 9.12. The SMILES string of the molecule is C=C(/C=c1/nc(-c2cc(C(=C)N3CCC(C4C=CC(C#N)=CC4)CC3)c(C)cc2C)[nH]/c1=C/C)N1CCC1. The van der Waals surface area contributed by atoms with Gasteiger partial charge in [-0.2, -0.15) is 5.26 Å². The largest absolute Gasteiger partial charge is 0.372 e. The van der Waals surface area contributed by atoms with E-state index < -0.39 is 0 Å². The van der Waals surface area contributed by atoms with Crippen LogP contribution in [0.2, 0.25) is 0 Å². The quantitative estimate of drug-likeness (QED) is 0.586.